The first-order chi connectivity index (χ1) is 5.80. The second-order valence-electron chi connectivity index (χ2n) is 2.66. The van der Waals surface area contributed by atoms with Crippen LogP contribution in [0.1, 0.15) is 6.92 Å². The van der Waals surface area contributed by atoms with Crippen molar-refractivity contribution < 1.29 is 9.90 Å². The molecule has 0 amide bonds. The van der Waals surface area contributed by atoms with Crippen LogP contribution >= 0.6 is 63.7 Å². The lowest BCUT2D eigenvalue weighted by atomic mass is 10.00. The molecule has 0 aliphatic heterocycles. The van der Waals surface area contributed by atoms with Crippen LogP contribution in [0.2, 0.25) is 0 Å². The zero-order valence-electron chi connectivity index (χ0n) is 6.37. The Balaban J connectivity index is 3.39. The van der Waals surface area contributed by atoms with E-state index in [0.717, 1.165) is 0 Å². The Hall–Kier alpha value is 1.03. The molecule has 0 heterocycles. The van der Waals surface area contributed by atoms with Gasteiger partial charge in [-0.05, 0) is 38.8 Å². The molecule has 0 spiro atoms. The van der Waals surface area contributed by atoms with Gasteiger partial charge in [0.05, 0.1) is 8.96 Å². The summed E-state index contributed by atoms with van der Waals surface area (Å²) in [5, 5.41) is 9.95. The van der Waals surface area contributed by atoms with Gasteiger partial charge in [0.15, 0.2) is 0 Å². The van der Waals surface area contributed by atoms with Gasteiger partial charge in [-0.3, -0.25) is 4.79 Å². The van der Waals surface area contributed by atoms with Crippen LogP contribution in [0.25, 0.3) is 0 Å². The molecule has 0 aromatic rings. The molecule has 0 atom stereocenters. The highest BCUT2D eigenvalue weighted by Crippen LogP contribution is 2.45. The molecule has 0 bridgehead atoms. The molecule has 0 fully saturated rings. The van der Waals surface area contributed by atoms with Crippen LogP contribution in [0.5, 0.6) is 0 Å². The molecule has 0 unspecified atom stereocenters. The van der Waals surface area contributed by atoms with E-state index in [-0.39, 0.29) is 5.78 Å². The molecule has 2 nitrogen and oxygen atoms in total. The molecule has 1 N–H and O–H groups in total. The summed E-state index contributed by atoms with van der Waals surface area (Å²) < 4.78 is 1.49. The number of halogens is 4. The minimum atomic E-state index is -1.20. The monoisotopic (exact) mass is 436 g/mol. The second kappa shape index (κ2) is 3.89. The zero-order chi connectivity index (χ0) is 10.4. The van der Waals surface area contributed by atoms with Crippen molar-refractivity contribution in [2.75, 3.05) is 0 Å². The standard InChI is InChI=1S/C7H4Br4O2/c1-7(13)5(10)2(8)4(12)3(9)6(7)11/h13H,1H3. The molecule has 0 aromatic heterocycles. The van der Waals surface area contributed by atoms with Crippen LogP contribution in [0, 0.1) is 0 Å². The summed E-state index contributed by atoms with van der Waals surface area (Å²) in [5.74, 6) is -0.203. The van der Waals surface area contributed by atoms with E-state index in [0.29, 0.717) is 17.9 Å². The second-order valence-corrected chi connectivity index (χ2v) is 5.83. The zero-order valence-corrected chi connectivity index (χ0v) is 12.7. The van der Waals surface area contributed by atoms with E-state index in [9.17, 15) is 9.90 Å². The minimum Gasteiger partial charge on any atom is -0.379 e. The quantitative estimate of drug-likeness (QED) is 0.629. The van der Waals surface area contributed by atoms with E-state index in [1.54, 1.807) is 6.92 Å². The summed E-state index contributed by atoms with van der Waals surface area (Å²) in [6.45, 7) is 1.58. The highest BCUT2D eigenvalue weighted by atomic mass is 79.9. The predicted octanol–water partition coefficient (Wildman–Crippen LogP) is 3.32. The van der Waals surface area contributed by atoms with Crippen LogP contribution in [0.4, 0.5) is 0 Å². The largest absolute Gasteiger partial charge is 0.379 e. The van der Waals surface area contributed by atoms with E-state index in [2.05, 4.69) is 63.7 Å². The molecule has 1 aliphatic carbocycles. The van der Waals surface area contributed by atoms with Crippen LogP contribution in [0.3, 0.4) is 0 Å². The maximum absolute atomic E-state index is 11.5. The third kappa shape index (κ3) is 1.88. The first kappa shape index (κ1) is 12.1. The lowest BCUT2D eigenvalue weighted by Crippen LogP contribution is -2.31. The van der Waals surface area contributed by atoms with E-state index in [1.807, 2.05) is 0 Å². The first-order valence-corrected chi connectivity index (χ1v) is 6.36. The fraction of sp³-hybridized carbons (Fsp3) is 0.286. The normalized spacial score (nSPS) is 22.8. The molecule has 0 saturated carbocycles. The molecular formula is C7H4Br4O2. The Kier molecular flexibility index (Phi) is 3.62. The van der Waals surface area contributed by atoms with E-state index < -0.39 is 5.60 Å². The Bertz CT molecular complexity index is 310. The lowest BCUT2D eigenvalue weighted by molar-refractivity contribution is -0.111. The van der Waals surface area contributed by atoms with Crippen molar-refractivity contribution in [2.24, 2.45) is 0 Å². The van der Waals surface area contributed by atoms with Gasteiger partial charge in [0.1, 0.15) is 5.60 Å². The topological polar surface area (TPSA) is 37.3 Å². The van der Waals surface area contributed by atoms with Crippen LogP contribution in [0.15, 0.2) is 17.9 Å². The number of carbonyl (C=O) groups excluding carboxylic acids is 1. The number of hydrogen-bond donors (Lipinski definition) is 1. The highest BCUT2D eigenvalue weighted by molar-refractivity contribution is 9.15. The van der Waals surface area contributed by atoms with E-state index >= 15 is 0 Å². The Morgan fingerprint density at radius 3 is 1.69 bits per heavy atom. The molecule has 72 valence electrons. The first-order valence-electron chi connectivity index (χ1n) is 3.18. The Labute approximate surface area is 109 Å². The van der Waals surface area contributed by atoms with Gasteiger partial charge in [-0.15, -0.1) is 0 Å². The molecule has 0 aromatic carbocycles. The van der Waals surface area contributed by atoms with Crippen molar-refractivity contribution in [2.45, 2.75) is 12.5 Å². The molecule has 0 saturated heterocycles. The van der Waals surface area contributed by atoms with Crippen molar-refractivity contribution in [1.29, 1.82) is 0 Å². The number of allylic oxidation sites excluding steroid dienone is 2. The number of ketones is 1. The van der Waals surface area contributed by atoms with Crippen LogP contribution < -0.4 is 0 Å². The smallest absolute Gasteiger partial charge is 0.208 e. The van der Waals surface area contributed by atoms with Gasteiger partial charge in [0, 0.05) is 8.96 Å². The molecular weight excluding hydrogens is 436 g/mol. The van der Waals surface area contributed by atoms with E-state index in [4.69, 9.17) is 0 Å². The number of aliphatic hydroxyl groups is 1. The number of rotatable bonds is 0. The molecule has 0 radical (unpaired) electrons. The van der Waals surface area contributed by atoms with Gasteiger partial charge in [0.25, 0.3) is 0 Å². The van der Waals surface area contributed by atoms with Crippen molar-refractivity contribution in [3.8, 4) is 0 Å². The van der Waals surface area contributed by atoms with Crippen molar-refractivity contribution in [3.05, 3.63) is 17.9 Å². The SMILES string of the molecule is CC1(O)C(Br)=C(Br)C(=O)C(Br)=C1Br. The average Bonchev–Trinajstić information content (AvgIpc) is 2.09. The van der Waals surface area contributed by atoms with Gasteiger partial charge in [0.2, 0.25) is 5.78 Å². The third-order valence-corrected chi connectivity index (χ3v) is 6.55. The molecule has 6 heteroatoms. The summed E-state index contributed by atoms with van der Waals surface area (Å²) in [6, 6.07) is 0. The van der Waals surface area contributed by atoms with Crippen LogP contribution in [-0.2, 0) is 4.79 Å². The van der Waals surface area contributed by atoms with Gasteiger partial charge < -0.3 is 5.11 Å². The van der Waals surface area contributed by atoms with Crippen LogP contribution in [-0.4, -0.2) is 16.5 Å². The van der Waals surface area contributed by atoms with Gasteiger partial charge >= 0.3 is 0 Å². The maximum atomic E-state index is 11.5. The lowest BCUT2D eigenvalue weighted by Gasteiger charge is -2.28. The van der Waals surface area contributed by atoms with Crippen molar-refractivity contribution in [3.63, 3.8) is 0 Å². The van der Waals surface area contributed by atoms with Gasteiger partial charge in [-0.2, -0.15) is 0 Å². The number of carbonyl (C=O) groups is 1. The summed E-state index contributed by atoms with van der Waals surface area (Å²) in [5.41, 5.74) is -1.20. The molecule has 1 rings (SSSR count). The summed E-state index contributed by atoms with van der Waals surface area (Å²) in [4.78, 5) is 11.5. The Morgan fingerprint density at radius 2 is 1.38 bits per heavy atom. The third-order valence-electron chi connectivity index (χ3n) is 1.64. The molecule has 1 aliphatic rings. The highest BCUT2D eigenvalue weighted by Gasteiger charge is 2.39. The van der Waals surface area contributed by atoms with Gasteiger partial charge in [-0.25, -0.2) is 0 Å². The Morgan fingerprint density at radius 1 is 1.08 bits per heavy atom. The molecule has 13 heavy (non-hydrogen) atoms. The van der Waals surface area contributed by atoms with Gasteiger partial charge in [-0.1, -0.05) is 31.9 Å². The van der Waals surface area contributed by atoms with Crippen molar-refractivity contribution in [1.82, 2.24) is 0 Å². The summed E-state index contributed by atoms with van der Waals surface area (Å²) >= 11 is 12.5. The predicted molar refractivity (Wildman–Crippen MR) is 65.4 cm³/mol. The fourth-order valence-corrected chi connectivity index (χ4v) is 3.28. The maximum Gasteiger partial charge on any atom is 0.208 e. The fourth-order valence-electron chi connectivity index (χ4n) is 0.819. The van der Waals surface area contributed by atoms with E-state index in [1.165, 1.54) is 0 Å². The van der Waals surface area contributed by atoms with Crippen molar-refractivity contribution >= 4 is 69.5 Å². The minimum absolute atomic E-state index is 0.203. The number of Topliss-reactive ketones (excluding diaryl/α,β-unsaturated/α-hetero) is 1. The summed E-state index contributed by atoms with van der Waals surface area (Å²) in [7, 11) is 0. The summed E-state index contributed by atoms with van der Waals surface area (Å²) in [6.07, 6.45) is 0. The average molecular weight is 440 g/mol. The number of hydrogen-bond acceptors (Lipinski definition) is 2.